The summed E-state index contributed by atoms with van der Waals surface area (Å²) in [5.74, 6) is 0.974. The zero-order valence-electron chi connectivity index (χ0n) is 11.9. The van der Waals surface area contributed by atoms with Crippen LogP contribution in [0.3, 0.4) is 0 Å². The van der Waals surface area contributed by atoms with Crippen molar-refractivity contribution in [2.24, 2.45) is 0 Å². The highest BCUT2D eigenvalue weighted by Gasteiger charge is 2.10. The van der Waals surface area contributed by atoms with Gasteiger partial charge in [-0.25, -0.2) is 4.98 Å². The van der Waals surface area contributed by atoms with Gasteiger partial charge in [-0.2, -0.15) is 4.52 Å². The minimum atomic E-state index is -0.148. The van der Waals surface area contributed by atoms with E-state index in [0.29, 0.717) is 15.8 Å². The van der Waals surface area contributed by atoms with Crippen LogP contribution in [0.15, 0.2) is 33.7 Å². The van der Waals surface area contributed by atoms with Crippen molar-refractivity contribution in [3.05, 3.63) is 46.3 Å². The summed E-state index contributed by atoms with van der Waals surface area (Å²) in [4.78, 5) is 16.7. The van der Waals surface area contributed by atoms with Crippen LogP contribution in [0.4, 0.5) is 5.13 Å². The van der Waals surface area contributed by atoms with E-state index in [2.05, 4.69) is 22.3 Å². The molecule has 0 fully saturated rings. The summed E-state index contributed by atoms with van der Waals surface area (Å²) in [5.41, 5.74) is 0.561. The Bertz CT molecular complexity index is 791. The number of fused-ring (bicyclic) bond motifs is 1. The second-order valence-electron chi connectivity index (χ2n) is 5.00. The molecular weight excluding hydrogens is 288 g/mol. The van der Waals surface area contributed by atoms with Crippen LogP contribution in [0.2, 0.25) is 0 Å². The van der Waals surface area contributed by atoms with Crippen LogP contribution in [-0.4, -0.2) is 20.6 Å². The zero-order valence-corrected chi connectivity index (χ0v) is 12.7. The van der Waals surface area contributed by atoms with E-state index in [9.17, 15) is 4.79 Å². The Morgan fingerprint density at radius 1 is 1.52 bits per heavy atom. The molecule has 0 aromatic carbocycles. The van der Waals surface area contributed by atoms with E-state index in [-0.39, 0.29) is 11.6 Å². The van der Waals surface area contributed by atoms with Crippen LogP contribution in [0.1, 0.15) is 24.8 Å². The zero-order chi connectivity index (χ0) is 14.8. The topological polar surface area (TPSA) is 72.4 Å². The predicted molar refractivity (Wildman–Crippen MR) is 82.0 cm³/mol. The molecule has 7 heteroatoms. The molecule has 0 aliphatic rings. The number of hydrogen-bond acceptors (Lipinski definition) is 6. The van der Waals surface area contributed by atoms with Crippen LogP contribution in [-0.2, 0) is 6.42 Å². The lowest BCUT2D eigenvalue weighted by molar-refractivity contribution is 0.495. The molecule has 3 aromatic rings. The van der Waals surface area contributed by atoms with Crippen molar-refractivity contribution < 1.29 is 4.42 Å². The summed E-state index contributed by atoms with van der Waals surface area (Å²) in [6, 6.07) is 5.57. The van der Waals surface area contributed by atoms with Crippen molar-refractivity contribution in [1.29, 1.82) is 0 Å². The van der Waals surface area contributed by atoms with Gasteiger partial charge in [0.2, 0.25) is 10.1 Å². The fourth-order valence-corrected chi connectivity index (χ4v) is 3.04. The lowest BCUT2D eigenvalue weighted by Gasteiger charge is -2.10. The van der Waals surface area contributed by atoms with Gasteiger partial charge < -0.3 is 9.73 Å². The average molecular weight is 304 g/mol. The lowest BCUT2D eigenvalue weighted by Crippen LogP contribution is -2.17. The van der Waals surface area contributed by atoms with Crippen molar-refractivity contribution in [3.8, 4) is 0 Å². The first-order chi connectivity index (χ1) is 10.1. The van der Waals surface area contributed by atoms with E-state index in [4.69, 9.17) is 4.42 Å². The summed E-state index contributed by atoms with van der Waals surface area (Å²) in [6.45, 7) is 3.89. The Labute approximate surface area is 125 Å². The number of hydrogen-bond donors (Lipinski definition) is 1. The SMILES string of the molecule is Cc1cc(=O)n2nc(N[C@@H](C)CCc3ccco3)sc2n1. The summed E-state index contributed by atoms with van der Waals surface area (Å²) >= 11 is 1.38. The van der Waals surface area contributed by atoms with E-state index < -0.39 is 0 Å². The van der Waals surface area contributed by atoms with Crippen LogP contribution in [0.25, 0.3) is 4.96 Å². The van der Waals surface area contributed by atoms with E-state index in [0.717, 1.165) is 18.6 Å². The van der Waals surface area contributed by atoms with Crippen LogP contribution < -0.4 is 10.9 Å². The fraction of sp³-hybridized carbons (Fsp3) is 0.357. The maximum atomic E-state index is 11.8. The molecule has 0 aliphatic heterocycles. The molecule has 3 aromatic heterocycles. The van der Waals surface area contributed by atoms with Gasteiger partial charge in [0.05, 0.1) is 6.26 Å². The standard InChI is InChI=1S/C14H16N4O2S/c1-9(5-6-11-4-3-7-20-11)15-13-17-18-12(19)8-10(2)16-14(18)21-13/h3-4,7-9H,5-6H2,1-2H3,(H,15,17)/t9-/m0/s1. The van der Waals surface area contributed by atoms with E-state index >= 15 is 0 Å². The average Bonchev–Trinajstić information content (AvgIpc) is 3.05. The highest BCUT2D eigenvalue weighted by atomic mass is 32.1. The molecule has 21 heavy (non-hydrogen) atoms. The van der Waals surface area contributed by atoms with Gasteiger partial charge >= 0.3 is 0 Å². The maximum Gasteiger partial charge on any atom is 0.275 e. The third-order valence-electron chi connectivity index (χ3n) is 3.15. The molecule has 1 N–H and O–H groups in total. The van der Waals surface area contributed by atoms with E-state index in [1.807, 2.05) is 12.1 Å². The molecule has 110 valence electrons. The highest BCUT2D eigenvalue weighted by Crippen LogP contribution is 2.18. The number of nitrogens with one attached hydrogen (secondary N) is 1. The largest absolute Gasteiger partial charge is 0.469 e. The van der Waals surface area contributed by atoms with Crippen molar-refractivity contribution in [2.45, 2.75) is 32.7 Å². The number of anilines is 1. The first kappa shape index (κ1) is 13.8. The Hall–Kier alpha value is -2.15. The van der Waals surface area contributed by atoms with Gasteiger partial charge in [0.1, 0.15) is 5.76 Å². The third-order valence-corrected chi connectivity index (χ3v) is 3.99. The smallest absolute Gasteiger partial charge is 0.275 e. The van der Waals surface area contributed by atoms with Gasteiger partial charge in [0.15, 0.2) is 0 Å². The molecule has 0 spiro atoms. The molecule has 0 bridgehead atoms. The summed E-state index contributed by atoms with van der Waals surface area (Å²) < 4.78 is 6.65. The number of nitrogens with zero attached hydrogens (tertiary/aromatic N) is 3. The van der Waals surface area contributed by atoms with E-state index in [1.54, 1.807) is 13.2 Å². The van der Waals surface area contributed by atoms with Gasteiger partial charge in [-0.15, -0.1) is 5.10 Å². The lowest BCUT2D eigenvalue weighted by atomic mass is 10.1. The van der Waals surface area contributed by atoms with Crippen molar-refractivity contribution in [1.82, 2.24) is 14.6 Å². The third kappa shape index (κ3) is 3.13. The predicted octanol–water partition coefficient (Wildman–Crippen LogP) is 2.49. The van der Waals surface area contributed by atoms with Crippen LogP contribution >= 0.6 is 11.3 Å². The Morgan fingerprint density at radius 2 is 2.38 bits per heavy atom. The Morgan fingerprint density at radius 3 is 3.14 bits per heavy atom. The number of rotatable bonds is 5. The van der Waals surface area contributed by atoms with Gasteiger partial charge in [-0.1, -0.05) is 11.3 Å². The van der Waals surface area contributed by atoms with Crippen molar-refractivity contribution in [2.75, 3.05) is 5.32 Å². The number of aromatic nitrogens is 3. The van der Waals surface area contributed by atoms with Crippen molar-refractivity contribution >= 4 is 21.4 Å². The van der Waals surface area contributed by atoms with Crippen molar-refractivity contribution in [3.63, 3.8) is 0 Å². The molecule has 0 radical (unpaired) electrons. The van der Waals surface area contributed by atoms with Gasteiger partial charge in [0.25, 0.3) is 5.56 Å². The Kier molecular flexibility index (Phi) is 3.74. The summed E-state index contributed by atoms with van der Waals surface area (Å²) in [5, 5.41) is 8.28. The molecule has 3 heterocycles. The van der Waals surface area contributed by atoms with Gasteiger partial charge in [0, 0.05) is 24.2 Å². The number of aryl methyl sites for hydroxylation is 2. The van der Waals surface area contributed by atoms with Crippen LogP contribution in [0.5, 0.6) is 0 Å². The monoisotopic (exact) mass is 304 g/mol. The van der Waals surface area contributed by atoms with Gasteiger partial charge in [-0.05, 0) is 32.4 Å². The minimum absolute atomic E-state index is 0.148. The molecule has 0 unspecified atom stereocenters. The summed E-state index contributed by atoms with van der Waals surface area (Å²) in [6.07, 6.45) is 3.47. The molecule has 1 atom stereocenters. The first-order valence-corrected chi connectivity index (χ1v) is 7.60. The molecule has 6 nitrogen and oxygen atoms in total. The first-order valence-electron chi connectivity index (χ1n) is 6.78. The normalized spacial score (nSPS) is 12.7. The highest BCUT2D eigenvalue weighted by molar-refractivity contribution is 7.20. The molecule has 3 rings (SSSR count). The van der Waals surface area contributed by atoms with Crippen LogP contribution in [0, 0.1) is 6.92 Å². The molecule has 0 amide bonds. The minimum Gasteiger partial charge on any atom is -0.469 e. The fourth-order valence-electron chi connectivity index (χ4n) is 2.08. The number of furan rings is 1. The molecule has 0 saturated heterocycles. The second-order valence-corrected chi connectivity index (χ2v) is 5.96. The summed E-state index contributed by atoms with van der Waals surface area (Å²) in [7, 11) is 0. The van der Waals surface area contributed by atoms with Gasteiger partial charge in [-0.3, -0.25) is 4.79 Å². The molecule has 0 saturated carbocycles. The quantitative estimate of drug-likeness (QED) is 0.784. The second kappa shape index (κ2) is 5.69. The molecule has 0 aliphatic carbocycles. The van der Waals surface area contributed by atoms with E-state index in [1.165, 1.54) is 21.9 Å². The Balaban J connectivity index is 1.69. The maximum absolute atomic E-state index is 11.8. The molecular formula is C14H16N4O2S.